The predicted molar refractivity (Wildman–Crippen MR) is 112 cm³/mol. The monoisotopic (exact) mass is 408 g/mol. The molecular weight excluding hydrogens is 391 g/mol. The van der Waals surface area contributed by atoms with E-state index in [0.29, 0.717) is 22.7 Å². The number of hydrogen-bond acceptors (Lipinski definition) is 8. The van der Waals surface area contributed by atoms with Crippen molar-refractivity contribution in [3.8, 4) is 0 Å². The second kappa shape index (κ2) is 9.73. The lowest BCUT2D eigenvalue weighted by atomic mass is 10.2. The molecule has 0 saturated heterocycles. The molecule has 0 bridgehead atoms. The third-order valence-corrected chi connectivity index (χ3v) is 3.71. The van der Waals surface area contributed by atoms with Crippen LogP contribution in [0, 0.1) is 5.82 Å². The third kappa shape index (κ3) is 5.83. The van der Waals surface area contributed by atoms with Crippen molar-refractivity contribution in [3.05, 3.63) is 60.5 Å². The molecular formula is C20H17FN6O3. The Balaban J connectivity index is 1.72. The number of aldehydes is 1. The van der Waals surface area contributed by atoms with E-state index < -0.39 is 11.8 Å². The van der Waals surface area contributed by atoms with Gasteiger partial charge >= 0.3 is 5.97 Å². The highest BCUT2D eigenvalue weighted by Crippen LogP contribution is 2.23. The number of carboxylic acid groups (broad SMARTS) is 1. The van der Waals surface area contributed by atoms with Crippen molar-refractivity contribution in [2.45, 2.75) is 0 Å². The molecule has 4 N–H and O–H groups in total. The third-order valence-electron chi connectivity index (χ3n) is 3.71. The van der Waals surface area contributed by atoms with Crippen LogP contribution in [0.4, 0.5) is 38.9 Å². The lowest BCUT2D eigenvalue weighted by Gasteiger charge is -2.11. The van der Waals surface area contributed by atoms with Gasteiger partial charge in [0, 0.05) is 17.1 Å². The van der Waals surface area contributed by atoms with Gasteiger partial charge in [-0.3, -0.25) is 0 Å². The first-order valence-electron chi connectivity index (χ1n) is 8.75. The summed E-state index contributed by atoms with van der Waals surface area (Å²) >= 11 is 0. The van der Waals surface area contributed by atoms with Crippen molar-refractivity contribution < 1.29 is 19.1 Å². The molecule has 0 amide bonds. The number of rotatable bonds is 9. The molecule has 10 heteroatoms. The van der Waals surface area contributed by atoms with Crippen molar-refractivity contribution in [1.82, 2.24) is 9.97 Å². The maximum Gasteiger partial charge on any atom is 0.346 e. The first kappa shape index (κ1) is 20.4. The van der Waals surface area contributed by atoms with Crippen LogP contribution in [-0.2, 0) is 9.59 Å². The second-order valence-electron chi connectivity index (χ2n) is 5.91. The summed E-state index contributed by atoms with van der Waals surface area (Å²) in [7, 11) is 0. The first-order valence-corrected chi connectivity index (χ1v) is 8.75. The van der Waals surface area contributed by atoms with E-state index in [1.54, 1.807) is 48.5 Å². The van der Waals surface area contributed by atoms with Crippen molar-refractivity contribution >= 4 is 53.0 Å². The van der Waals surface area contributed by atoms with E-state index in [2.05, 4.69) is 30.9 Å². The average molecular weight is 408 g/mol. The molecule has 0 aliphatic carbocycles. The van der Waals surface area contributed by atoms with Gasteiger partial charge in [-0.2, -0.15) is 4.98 Å². The zero-order chi connectivity index (χ0) is 21.3. The Labute approximate surface area is 170 Å². The summed E-state index contributed by atoms with van der Waals surface area (Å²) in [4.78, 5) is 32.8. The highest BCUT2D eigenvalue weighted by Gasteiger charge is 2.08. The van der Waals surface area contributed by atoms with Crippen molar-refractivity contribution in [1.29, 1.82) is 0 Å². The number of hydrogen-bond donors (Lipinski definition) is 4. The maximum atomic E-state index is 14.2. The van der Waals surface area contributed by atoms with E-state index in [1.807, 2.05) is 0 Å². The van der Waals surface area contributed by atoms with Crippen molar-refractivity contribution in [2.24, 2.45) is 4.99 Å². The summed E-state index contributed by atoms with van der Waals surface area (Å²) in [5.74, 6) is -1.63. The second-order valence-corrected chi connectivity index (χ2v) is 5.91. The van der Waals surface area contributed by atoms with Crippen LogP contribution in [0.5, 0.6) is 0 Å². The van der Waals surface area contributed by atoms with E-state index in [1.165, 1.54) is 0 Å². The van der Waals surface area contributed by atoms with E-state index >= 15 is 0 Å². The van der Waals surface area contributed by atoms with Gasteiger partial charge in [-0.25, -0.2) is 19.2 Å². The molecule has 0 aliphatic heterocycles. The van der Waals surface area contributed by atoms with Crippen LogP contribution < -0.4 is 16.0 Å². The number of carbonyl (C=O) groups excluding carboxylic acids is 1. The SMILES string of the molecule is O=CCNc1cccc(Nc2nc(Nc3ccc(N=CC(=O)O)cc3)ncc2F)c1. The van der Waals surface area contributed by atoms with Crippen LogP contribution in [0.3, 0.4) is 0 Å². The van der Waals surface area contributed by atoms with Crippen LogP contribution in [0.1, 0.15) is 0 Å². The van der Waals surface area contributed by atoms with Crippen LogP contribution >= 0.6 is 0 Å². The topological polar surface area (TPSA) is 129 Å². The number of halogens is 1. The zero-order valence-electron chi connectivity index (χ0n) is 15.5. The lowest BCUT2D eigenvalue weighted by molar-refractivity contribution is -0.128. The van der Waals surface area contributed by atoms with Crippen molar-refractivity contribution in [2.75, 3.05) is 22.5 Å². The van der Waals surface area contributed by atoms with Crippen LogP contribution in [0.2, 0.25) is 0 Å². The molecule has 1 aromatic heterocycles. The molecule has 3 aromatic rings. The van der Waals surface area contributed by atoms with Gasteiger partial charge in [0.05, 0.1) is 18.4 Å². The number of anilines is 5. The number of nitrogens with one attached hydrogen (secondary N) is 3. The van der Waals surface area contributed by atoms with E-state index in [-0.39, 0.29) is 18.3 Å². The fourth-order valence-corrected chi connectivity index (χ4v) is 2.41. The maximum absolute atomic E-state index is 14.2. The molecule has 3 rings (SSSR count). The van der Waals surface area contributed by atoms with Gasteiger partial charge in [0.25, 0.3) is 0 Å². The Bertz CT molecular complexity index is 1070. The number of benzene rings is 2. The smallest absolute Gasteiger partial charge is 0.346 e. The molecule has 0 radical (unpaired) electrons. The fourth-order valence-electron chi connectivity index (χ4n) is 2.41. The Kier molecular flexibility index (Phi) is 6.62. The fraction of sp³-hybridized carbons (Fsp3) is 0.0500. The largest absolute Gasteiger partial charge is 0.477 e. The van der Waals surface area contributed by atoms with Crippen LogP contribution in [0.25, 0.3) is 0 Å². The number of aliphatic imine (C=N–C) groups is 1. The lowest BCUT2D eigenvalue weighted by Crippen LogP contribution is -2.04. The van der Waals surface area contributed by atoms with Gasteiger partial charge in [0.15, 0.2) is 11.6 Å². The standard InChI is InChI=1S/C20H17FN6O3/c21-17-11-24-20(26-14-6-4-13(5-7-14)23-12-18(29)30)27-19(17)25-16-3-1-2-15(10-16)22-8-9-28/h1-7,9-12,22H,8H2,(H,29,30)(H2,24,25,26,27). The minimum Gasteiger partial charge on any atom is -0.477 e. The molecule has 0 spiro atoms. The highest BCUT2D eigenvalue weighted by molar-refractivity contribution is 6.22. The van der Waals surface area contributed by atoms with E-state index in [4.69, 9.17) is 5.11 Å². The number of carbonyl (C=O) groups is 2. The summed E-state index contributed by atoms with van der Waals surface area (Å²) in [6, 6.07) is 13.5. The number of nitrogens with zero attached hydrogens (tertiary/aromatic N) is 3. The molecule has 152 valence electrons. The highest BCUT2D eigenvalue weighted by atomic mass is 19.1. The summed E-state index contributed by atoms with van der Waals surface area (Å²) in [5.41, 5.74) is 2.36. The van der Waals surface area contributed by atoms with Gasteiger partial charge < -0.3 is 25.9 Å². The van der Waals surface area contributed by atoms with Gasteiger partial charge in [-0.1, -0.05) is 6.07 Å². The van der Waals surface area contributed by atoms with Crippen molar-refractivity contribution in [3.63, 3.8) is 0 Å². The molecule has 0 atom stereocenters. The van der Waals surface area contributed by atoms with Crippen LogP contribution in [-0.4, -0.2) is 40.1 Å². The van der Waals surface area contributed by atoms with Gasteiger partial charge in [0.2, 0.25) is 5.95 Å². The summed E-state index contributed by atoms with van der Waals surface area (Å²) in [6.45, 7) is 0.166. The van der Waals surface area contributed by atoms with Gasteiger partial charge in [-0.15, -0.1) is 0 Å². The van der Waals surface area contributed by atoms with E-state index in [0.717, 1.165) is 18.7 Å². The molecule has 30 heavy (non-hydrogen) atoms. The van der Waals surface area contributed by atoms with Gasteiger partial charge in [0.1, 0.15) is 12.5 Å². The Morgan fingerprint density at radius 1 is 1.10 bits per heavy atom. The molecule has 2 aromatic carbocycles. The molecule has 0 aliphatic rings. The predicted octanol–water partition coefficient (Wildman–Crippen LogP) is 3.50. The summed E-state index contributed by atoms with van der Waals surface area (Å²) < 4.78 is 14.2. The molecule has 0 fully saturated rings. The van der Waals surface area contributed by atoms with Gasteiger partial charge in [-0.05, 0) is 42.5 Å². The number of aromatic nitrogens is 2. The first-order chi connectivity index (χ1) is 14.5. The minimum atomic E-state index is -1.14. The van der Waals surface area contributed by atoms with Crippen LogP contribution in [0.15, 0.2) is 59.7 Å². The molecule has 0 saturated carbocycles. The minimum absolute atomic E-state index is 0.0253. The molecule has 1 heterocycles. The number of aliphatic carboxylic acids is 1. The van der Waals surface area contributed by atoms with E-state index in [9.17, 15) is 14.0 Å². The Morgan fingerprint density at radius 2 is 1.87 bits per heavy atom. The number of carboxylic acids is 1. The molecule has 9 nitrogen and oxygen atoms in total. The summed E-state index contributed by atoms with van der Waals surface area (Å²) in [6.07, 6.45) is 2.58. The quantitative estimate of drug-likeness (QED) is 0.313. The zero-order valence-corrected chi connectivity index (χ0v) is 15.5. The Hall–Kier alpha value is -4.34. The normalized spacial score (nSPS) is 10.6. The Morgan fingerprint density at radius 3 is 2.60 bits per heavy atom. The summed E-state index contributed by atoms with van der Waals surface area (Å²) in [5, 5.41) is 17.3. The molecule has 0 unspecified atom stereocenters. The average Bonchev–Trinajstić information content (AvgIpc) is 2.74.